The number of anilines is 1. The summed E-state index contributed by atoms with van der Waals surface area (Å²) in [6.07, 6.45) is 8.52. The molecular weight excluding hydrogens is 376 g/mol. The Kier molecular flexibility index (Phi) is 9.18. The van der Waals surface area contributed by atoms with Gasteiger partial charge < -0.3 is 14.4 Å². The monoisotopic (exact) mass is 406 g/mol. The van der Waals surface area contributed by atoms with E-state index in [9.17, 15) is 4.79 Å². The molecule has 0 fully saturated rings. The number of esters is 1. The molecule has 0 radical (unpaired) electrons. The lowest BCUT2D eigenvalue weighted by atomic mass is 10.0. The summed E-state index contributed by atoms with van der Waals surface area (Å²) in [5, 5.41) is 5.86. The van der Waals surface area contributed by atoms with Gasteiger partial charge in [0, 0.05) is 18.4 Å². The normalized spacial score (nSPS) is 16.7. The van der Waals surface area contributed by atoms with Gasteiger partial charge in [-0.05, 0) is 55.3 Å². The smallest absolute Gasteiger partial charge is 0.305 e. The second-order valence-corrected chi connectivity index (χ2v) is 8.46. The molecule has 6 heteroatoms. The fourth-order valence-corrected chi connectivity index (χ4v) is 5.13. The van der Waals surface area contributed by atoms with E-state index in [2.05, 4.69) is 41.3 Å². The zero-order chi connectivity index (χ0) is 19.6. The SMILES string of the molecule is C=CC1=C(C=C)C(NCCCCCCC(=O)OCC)c2sccc2N(C)S1. The zero-order valence-electron chi connectivity index (χ0n) is 16.3. The molecule has 1 aliphatic heterocycles. The Hall–Kier alpha value is -1.50. The minimum Gasteiger partial charge on any atom is -0.466 e. The maximum atomic E-state index is 11.4. The van der Waals surface area contributed by atoms with Gasteiger partial charge in [0.15, 0.2) is 0 Å². The number of ether oxygens (including phenoxy) is 1. The number of hydrogen-bond donors (Lipinski definition) is 1. The quantitative estimate of drug-likeness (QED) is 0.294. The molecule has 1 atom stereocenters. The molecule has 0 saturated heterocycles. The molecule has 1 aliphatic rings. The molecule has 0 spiro atoms. The molecule has 0 amide bonds. The van der Waals surface area contributed by atoms with Gasteiger partial charge in [-0.25, -0.2) is 0 Å². The van der Waals surface area contributed by atoms with Crippen molar-refractivity contribution in [3.05, 3.63) is 52.1 Å². The van der Waals surface area contributed by atoms with Crippen molar-refractivity contribution in [2.24, 2.45) is 0 Å². The minimum atomic E-state index is -0.0846. The van der Waals surface area contributed by atoms with Crippen molar-refractivity contribution >= 4 is 34.9 Å². The summed E-state index contributed by atoms with van der Waals surface area (Å²) in [7, 11) is 2.09. The van der Waals surface area contributed by atoms with E-state index in [0.29, 0.717) is 13.0 Å². The molecule has 0 aromatic carbocycles. The topological polar surface area (TPSA) is 41.6 Å². The number of rotatable bonds is 11. The van der Waals surface area contributed by atoms with E-state index < -0.39 is 0 Å². The van der Waals surface area contributed by atoms with Crippen LogP contribution in [0.25, 0.3) is 0 Å². The molecule has 2 heterocycles. The highest BCUT2D eigenvalue weighted by Gasteiger charge is 2.27. The van der Waals surface area contributed by atoms with Crippen LogP contribution in [-0.2, 0) is 9.53 Å². The fourth-order valence-electron chi connectivity index (χ4n) is 3.13. The Morgan fingerprint density at radius 2 is 2.07 bits per heavy atom. The molecule has 0 bridgehead atoms. The summed E-state index contributed by atoms with van der Waals surface area (Å²) in [6.45, 7) is 11.3. The predicted octanol–water partition coefficient (Wildman–Crippen LogP) is 5.62. The highest BCUT2D eigenvalue weighted by molar-refractivity contribution is 8.04. The van der Waals surface area contributed by atoms with Crippen molar-refractivity contribution in [2.75, 3.05) is 24.5 Å². The average Bonchev–Trinajstić information content (AvgIpc) is 3.11. The highest BCUT2D eigenvalue weighted by atomic mass is 32.2. The van der Waals surface area contributed by atoms with Crippen molar-refractivity contribution in [2.45, 2.75) is 45.1 Å². The summed E-state index contributed by atoms with van der Waals surface area (Å²) in [5.74, 6) is -0.0846. The highest BCUT2D eigenvalue weighted by Crippen LogP contribution is 2.45. The van der Waals surface area contributed by atoms with Gasteiger partial charge in [0.1, 0.15) is 0 Å². The summed E-state index contributed by atoms with van der Waals surface area (Å²) in [5.41, 5.74) is 2.43. The Labute approximate surface area is 171 Å². The van der Waals surface area contributed by atoms with Gasteiger partial charge in [-0.15, -0.1) is 11.3 Å². The Bertz CT molecular complexity index is 681. The third-order valence-electron chi connectivity index (χ3n) is 4.47. The lowest BCUT2D eigenvalue weighted by Crippen LogP contribution is -2.23. The van der Waals surface area contributed by atoms with Gasteiger partial charge in [-0.3, -0.25) is 4.79 Å². The van der Waals surface area contributed by atoms with Gasteiger partial charge in [-0.2, -0.15) is 0 Å². The third kappa shape index (κ3) is 5.99. The number of hydrogen-bond acceptors (Lipinski definition) is 6. The molecule has 1 aromatic heterocycles. The number of nitrogens with one attached hydrogen (secondary N) is 1. The summed E-state index contributed by atoms with van der Waals surface area (Å²) in [6, 6.07) is 2.31. The van der Waals surface area contributed by atoms with Crippen molar-refractivity contribution < 1.29 is 9.53 Å². The van der Waals surface area contributed by atoms with Gasteiger partial charge in [0.25, 0.3) is 0 Å². The largest absolute Gasteiger partial charge is 0.466 e. The van der Waals surface area contributed by atoms with Crippen LogP contribution in [0.15, 0.2) is 47.2 Å². The molecule has 148 valence electrons. The predicted molar refractivity (Wildman–Crippen MR) is 118 cm³/mol. The van der Waals surface area contributed by atoms with E-state index in [-0.39, 0.29) is 12.0 Å². The Morgan fingerprint density at radius 3 is 2.78 bits per heavy atom. The standard InChI is InChI=1S/C21H30N2O2S2/c1-5-16-18(6-2)27-23(4)17-13-15-26-21(17)20(16)22-14-11-9-8-10-12-19(24)25-7-3/h5-6,13,15,20,22H,1-2,7-12,14H2,3-4H3. The van der Waals surface area contributed by atoms with Gasteiger partial charge in [-0.1, -0.05) is 38.2 Å². The molecule has 4 nitrogen and oxygen atoms in total. The van der Waals surface area contributed by atoms with E-state index in [1.807, 2.05) is 19.1 Å². The molecule has 0 saturated carbocycles. The van der Waals surface area contributed by atoms with Crippen LogP contribution < -0.4 is 9.62 Å². The first-order chi connectivity index (χ1) is 13.1. The van der Waals surface area contributed by atoms with E-state index in [0.717, 1.165) is 37.1 Å². The van der Waals surface area contributed by atoms with Crippen LogP contribution in [0.3, 0.4) is 0 Å². The molecule has 0 aliphatic carbocycles. The van der Waals surface area contributed by atoms with E-state index >= 15 is 0 Å². The van der Waals surface area contributed by atoms with Crippen LogP contribution in [0.5, 0.6) is 0 Å². The number of nitrogens with zero attached hydrogens (tertiary/aromatic N) is 1. The third-order valence-corrected chi connectivity index (χ3v) is 6.51. The number of allylic oxidation sites excluding steroid dienone is 1. The van der Waals surface area contributed by atoms with Gasteiger partial charge >= 0.3 is 5.97 Å². The number of carbonyl (C=O) groups excluding carboxylic acids is 1. The first kappa shape index (κ1) is 21.8. The van der Waals surface area contributed by atoms with Crippen molar-refractivity contribution in [3.8, 4) is 0 Å². The van der Waals surface area contributed by atoms with Crippen LogP contribution in [0.4, 0.5) is 5.69 Å². The first-order valence-electron chi connectivity index (χ1n) is 9.49. The molecule has 1 unspecified atom stereocenters. The fraction of sp³-hybridized carbons (Fsp3) is 0.476. The minimum absolute atomic E-state index is 0.0846. The summed E-state index contributed by atoms with van der Waals surface area (Å²) < 4.78 is 7.16. The van der Waals surface area contributed by atoms with Gasteiger partial charge in [0.2, 0.25) is 0 Å². The van der Waals surface area contributed by atoms with Gasteiger partial charge in [0.05, 0.1) is 23.2 Å². The summed E-state index contributed by atoms with van der Waals surface area (Å²) >= 11 is 3.47. The molecule has 2 rings (SSSR count). The number of thiophene rings is 1. The lowest BCUT2D eigenvalue weighted by Gasteiger charge is -2.20. The lowest BCUT2D eigenvalue weighted by molar-refractivity contribution is -0.143. The van der Waals surface area contributed by atoms with Crippen molar-refractivity contribution in [1.82, 2.24) is 5.32 Å². The van der Waals surface area contributed by atoms with E-state index in [4.69, 9.17) is 4.74 Å². The Balaban J connectivity index is 1.89. The zero-order valence-corrected chi connectivity index (χ0v) is 18.0. The van der Waals surface area contributed by atoms with Crippen LogP contribution in [-0.4, -0.2) is 26.2 Å². The van der Waals surface area contributed by atoms with Crippen molar-refractivity contribution in [3.63, 3.8) is 0 Å². The number of fused-ring (bicyclic) bond motifs is 1. The van der Waals surface area contributed by atoms with Crippen LogP contribution >= 0.6 is 23.3 Å². The molecule has 27 heavy (non-hydrogen) atoms. The maximum absolute atomic E-state index is 11.4. The first-order valence-corrected chi connectivity index (χ1v) is 11.1. The van der Waals surface area contributed by atoms with E-state index in [1.54, 1.807) is 23.3 Å². The second-order valence-electron chi connectivity index (χ2n) is 6.34. The average molecular weight is 407 g/mol. The molecule has 1 aromatic rings. The van der Waals surface area contributed by atoms with Crippen LogP contribution in [0.1, 0.15) is 49.9 Å². The number of unbranched alkanes of at least 4 members (excludes halogenated alkanes) is 3. The molecular formula is C21H30N2O2S2. The van der Waals surface area contributed by atoms with E-state index in [1.165, 1.54) is 16.1 Å². The van der Waals surface area contributed by atoms with Crippen molar-refractivity contribution in [1.29, 1.82) is 0 Å². The number of carbonyl (C=O) groups is 1. The summed E-state index contributed by atoms with van der Waals surface area (Å²) in [4.78, 5) is 13.8. The van der Waals surface area contributed by atoms with Crippen LogP contribution in [0, 0.1) is 0 Å². The maximum Gasteiger partial charge on any atom is 0.305 e. The molecule has 1 N–H and O–H groups in total. The second kappa shape index (κ2) is 11.4. The Morgan fingerprint density at radius 1 is 1.30 bits per heavy atom. The van der Waals surface area contributed by atoms with Crippen LogP contribution in [0.2, 0.25) is 0 Å².